The molecule has 0 saturated carbocycles. The summed E-state index contributed by atoms with van der Waals surface area (Å²) in [5, 5.41) is 3.60. The van der Waals surface area contributed by atoms with Crippen LogP contribution in [0.2, 0.25) is 0 Å². The molecule has 0 unspecified atom stereocenters. The predicted octanol–water partition coefficient (Wildman–Crippen LogP) is 1.07. The maximum Gasteiger partial charge on any atom is 0.332 e. The van der Waals surface area contributed by atoms with Crippen molar-refractivity contribution in [2.75, 3.05) is 21.1 Å². The molecule has 0 aliphatic rings. The van der Waals surface area contributed by atoms with Gasteiger partial charge < -0.3 is 4.52 Å². The lowest BCUT2D eigenvalue weighted by atomic mass is 10.2. The Bertz CT molecular complexity index is 296. The van der Waals surface area contributed by atoms with Gasteiger partial charge in [0.25, 0.3) is 0 Å². The van der Waals surface area contributed by atoms with Crippen molar-refractivity contribution in [1.82, 2.24) is 9.64 Å². The minimum Gasteiger partial charge on any atom is -0.302 e. The van der Waals surface area contributed by atoms with Crippen LogP contribution < -0.4 is 4.48 Å². The van der Waals surface area contributed by atoms with Gasteiger partial charge in [0.15, 0.2) is 5.78 Å². The average Bonchev–Trinajstić information content (AvgIpc) is 2.30. The summed E-state index contributed by atoms with van der Waals surface area (Å²) in [5.41, 5.74) is 0.558. The van der Waals surface area contributed by atoms with Crippen LogP contribution in [0, 0.1) is 0 Å². The molecule has 0 N–H and O–H groups in total. The number of rotatable bonds is 2. The third-order valence-electron chi connectivity index (χ3n) is 1.54. The molecule has 0 amide bonds. The SMILES string of the molecule is CC(=O)c1cnoc1[N+](C)(C)C. The quantitative estimate of drug-likeness (QED) is 0.491. The normalized spacial score (nSPS) is 11.7. The first-order chi connectivity index (χ1) is 5.43. The van der Waals surface area contributed by atoms with Crippen LogP contribution in [-0.2, 0) is 0 Å². The van der Waals surface area contributed by atoms with E-state index in [1.54, 1.807) is 0 Å². The number of carbonyl (C=O) groups excluding carboxylic acids is 1. The molecule has 0 aromatic carbocycles. The van der Waals surface area contributed by atoms with Crippen molar-refractivity contribution < 1.29 is 9.32 Å². The largest absolute Gasteiger partial charge is 0.332 e. The smallest absolute Gasteiger partial charge is 0.302 e. The molecule has 4 heteroatoms. The predicted molar refractivity (Wildman–Crippen MR) is 46.1 cm³/mol. The van der Waals surface area contributed by atoms with E-state index in [0.29, 0.717) is 15.9 Å². The van der Waals surface area contributed by atoms with Gasteiger partial charge in [0.2, 0.25) is 0 Å². The fraction of sp³-hybridized carbons (Fsp3) is 0.500. The Hall–Kier alpha value is -1.16. The molecule has 1 rings (SSSR count). The highest BCUT2D eigenvalue weighted by Crippen LogP contribution is 2.22. The monoisotopic (exact) mass is 169 g/mol. The molecule has 0 atom stereocenters. The number of Topliss-reactive ketones (excluding diaryl/α,β-unsaturated/α-hetero) is 1. The van der Waals surface area contributed by atoms with Gasteiger partial charge in [-0.3, -0.25) is 9.28 Å². The molecular weight excluding hydrogens is 156 g/mol. The first-order valence-electron chi connectivity index (χ1n) is 3.70. The molecule has 0 fully saturated rings. The summed E-state index contributed by atoms with van der Waals surface area (Å²) in [7, 11) is 5.77. The van der Waals surface area contributed by atoms with E-state index in [1.807, 2.05) is 21.1 Å². The van der Waals surface area contributed by atoms with Gasteiger partial charge in [0, 0.05) is 0 Å². The molecule has 0 bridgehead atoms. The fourth-order valence-electron chi connectivity index (χ4n) is 0.959. The van der Waals surface area contributed by atoms with E-state index in [9.17, 15) is 4.79 Å². The first kappa shape index (κ1) is 8.93. The van der Waals surface area contributed by atoms with E-state index >= 15 is 0 Å². The van der Waals surface area contributed by atoms with Gasteiger partial charge >= 0.3 is 5.88 Å². The fourth-order valence-corrected chi connectivity index (χ4v) is 0.959. The standard InChI is InChI=1S/C8H13N2O2/c1-6(11)7-5-9-12-8(7)10(2,3)4/h5H,1-4H3/q+1. The highest BCUT2D eigenvalue weighted by molar-refractivity contribution is 5.97. The lowest BCUT2D eigenvalue weighted by Gasteiger charge is -2.19. The van der Waals surface area contributed by atoms with Gasteiger partial charge in [-0.15, -0.1) is 0 Å². The lowest BCUT2D eigenvalue weighted by Crippen LogP contribution is -2.35. The number of ketones is 1. The van der Waals surface area contributed by atoms with Crippen molar-refractivity contribution in [3.8, 4) is 0 Å². The summed E-state index contributed by atoms with van der Waals surface area (Å²) in [5.74, 6) is 0.585. The minimum absolute atomic E-state index is 0.0145. The second-order valence-corrected chi connectivity index (χ2v) is 3.61. The number of carbonyl (C=O) groups is 1. The topological polar surface area (TPSA) is 43.1 Å². The Morgan fingerprint density at radius 1 is 1.50 bits per heavy atom. The summed E-state index contributed by atoms with van der Waals surface area (Å²) >= 11 is 0. The van der Waals surface area contributed by atoms with Crippen molar-refractivity contribution in [1.29, 1.82) is 0 Å². The number of hydrogen-bond donors (Lipinski definition) is 0. The van der Waals surface area contributed by atoms with Crippen molar-refractivity contribution in [2.45, 2.75) is 6.92 Å². The third kappa shape index (κ3) is 1.53. The Balaban J connectivity index is 3.17. The molecule has 1 aromatic heterocycles. The van der Waals surface area contributed by atoms with Crippen molar-refractivity contribution in [3.63, 3.8) is 0 Å². The zero-order chi connectivity index (χ0) is 9.35. The average molecular weight is 169 g/mol. The van der Waals surface area contributed by atoms with Gasteiger partial charge in [-0.2, -0.15) is 0 Å². The van der Waals surface area contributed by atoms with Gasteiger partial charge in [0.1, 0.15) is 5.56 Å². The number of nitrogens with zero attached hydrogens (tertiary/aromatic N) is 2. The van der Waals surface area contributed by atoms with Gasteiger partial charge in [0.05, 0.1) is 27.3 Å². The molecule has 0 aliphatic heterocycles. The number of quaternary nitrogens is 1. The van der Waals surface area contributed by atoms with E-state index in [0.717, 1.165) is 0 Å². The molecule has 0 radical (unpaired) electrons. The maximum absolute atomic E-state index is 11.1. The van der Waals surface area contributed by atoms with E-state index < -0.39 is 0 Å². The Kier molecular flexibility index (Phi) is 2.02. The van der Waals surface area contributed by atoms with Crippen LogP contribution in [0.15, 0.2) is 10.7 Å². The molecular formula is C8H13N2O2+. The molecule has 66 valence electrons. The van der Waals surface area contributed by atoms with Gasteiger partial charge in [-0.1, -0.05) is 5.16 Å². The van der Waals surface area contributed by atoms with Crippen molar-refractivity contribution >= 4 is 11.7 Å². The zero-order valence-electron chi connectivity index (χ0n) is 7.79. The van der Waals surface area contributed by atoms with Crippen LogP contribution in [0.3, 0.4) is 0 Å². The third-order valence-corrected chi connectivity index (χ3v) is 1.54. The van der Waals surface area contributed by atoms with E-state index in [2.05, 4.69) is 5.16 Å². The summed E-state index contributed by atoms with van der Waals surface area (Å²) in [6.45, 7) is 1.51. The molecule has 1 heterocycles. The summed E-state index contributed by atoms with van der Waals surface area (Å²) < 4.78 is 5.46. The number of aromatic nitrogens is 1. The van der Waals surface area contributed by atoms with Crippen molar-refractivity contribution in [2.24, 2.45) is 0 Å². The lowest BCUT2D eigenvalue weighted by molar-refractivity contribution is 0.101. The molecule has 1 aromatic rings. The second kappa shape index (κ2) is 2.71. The van der Waals surface area contributed by atoms with Crippen LogP contribution in [-0.4, -0.2) is 32.1 Å². The van der Waals surface area contributed by atoms with Crippen LogP contribution in [0.5, 0.6) is 0 Å². The molecule has 0 saturated heterocycles. The highest BCUT2D eigenvalue weighted by atomic mass is 16.5. The van der Waals surface area contributed by atoms with E-state index in [1.165, 1.54) is 13.1 Å². The Morgan fingerprint density at radius 2 is 2.08 bits per heavy atom. The van der Waals surface area contributed by atoms with Gasteiger partial charge in [-0.05, 0) is 6.92 Å². The Labute approximate surface area is 71.4 Å². The molecule has 4 nitrogen and oxygen atoms in total. The first-order valence-corrected chi connectivity index (χ1v) is 3.70. The zero-order valence-corrected chi connectivity index (χ0v) is 7.79. The van der Waals surface area contributed by atoms with Gasteiger partial charge in [-0.25, -0.2) is 0 Å². The Morgan fingerprint density at radius 3 is 2.42 bits per heavy atom. The molecule has 0 aliphatic carbocycles. The number of hydrogen-bond acceptors (Lipinski definition) is 3. The summed E-state index contributed by atoms with van der Waals surface area (Å²) in [4.78, 5) is 11.1. The minimum atomic E-state index is -0.0145. The second-order valence-electron chi connectivity index (χ2n) is 3.61. The summed E-state index contributed by atoms with van der Waals surface area (Å²) in [6.07, 6.45) is 1.46. The van der Waals surface area contributed by atoms with Crippen molar-refractivity contribution in [3.05, 3.63) is 11.8 Å². The van der Waals surface area contributed by atoms with Crippen LogP contribution in [0.25, 0.3) is 0 Å². The van der Waals surface area contributed by atoms with Crippen LogP contribution in [0.1, 0.15) is 17.3 Å². The summed E-state index contributed by atoms with van der Waals surface area (Å²) in [6, 6.07) is 0. The van der Waals surface area contributed by atoms with E-state index in [-0.39, 0.29) is 5.78 Å². The highest BCUT2D eigenvalue weighted by Gasteiger charge is 2.25. The van der Waals surface area contributed by atoms with E-state index in [4.69, 9.17) is 4.52 Å². The molecule has 12 heavy (non-hydrogen) atoms. The van der Waals surface area contributed by atoms with Crippen LogP contribution >= 0.6 is 0 Å². The van der Waals surface area contributed by atoms with Crippen LogP contribution in [0.4, 0.5) is 5.88 Å². The maximum atomic E-state index is 11.1. The molecule has 0 spiro atoms.